The molecule has 3 aliphatic rings. The van der Waals surface area contributed by atoms with Gasteiger partial charge < -0.3 is 10.1 Å². The minimum atomic E-state index is -0.175. The summed E-state index contributed by atoms with van der Waals surface area (Å²) in [6.07, 6.45) is 9.51. The van der Waals surface area contributed by atoms with Gasteiger partial charge in [0.25, 0.3) is 0 Å². The van der Waals surface area contributed by atoms with Gasteiger partial charge in [-0.15, -0.1) is 0 Å². The highest BCUT2D eigenvalue weighted by Crippen LogP contribution is 2.66. The van der Waals surface area contributed by atoms with Crippen LogP contribution in [0.4, 0.5) is 4.79 Å². The Kier molecular flexibility index (Phi) is 3.50. The molecule has 0 heterocycles. The van der Waals surface area contributed by atoms with Crippen molar-refractivity contribution in [1.82, 2.24) is 5.32 Å². The standard InChI is InChI=1S/C17H29NO2/c1-16(2)12-9-10-17(16,3)14(11-12)20-15(19)18-13-7-5-4-6-8-13/h12-14H,4-11H2,1-3H3,(H,18,19)/t12-,14-,17+/m1/s1. The molecular weight excluding hydrogens is 250 g/mol. The summed E-state index contributed by atoms with van der Waals surface area (Å²) < 4.78 is 5.84. The number of hydrogen-bond donors (Lipinski definition) is 1. The van der Waals surface area contributed by atoms with Crippen molar-refractivity contribution in [2.24, 2.45) is 16.7 Å². The number of ether oxygens (including phenoxy) is 1. The Balaban J connectivity index is 1.57. The van der Waals surface area contributed by atoms with Crippen molar-refractivity contribution < 1.29 is 9.53 Å². The van der Waals surface area contributed by atoms with Gasteiger partial charge in [-0.25, -0.2) is 4.79 Å². The molecule has 3 saturated carbocycles. The highest BCUT2D eigenvalue weighted by atomic mass is 16.6. The number of rotatable bonds is 2. The molecule has 3 heteroatoms. The van der Waals surface area contributed by atoms with Crippen molar-refractivity contribution in [2.45, 2.75) is 84.3 Å². The van der Waals surface area contributed by atoms with Crippen molar-refractivity contribution in [3.05, 3.63) is 0 Å². The van der Waals surface area contributed by atoms with E-state index < -0.39 is 0 Å². The summed E-state index contributed by atoms with van der Waals surface area (Å²) in [6.45, 7) is 7.03. The van der Waals surface area contributed by atoms with Crippen molar-refractivity contribution >= 4 is 6.09 Å². The van der Waals surface area contributed by atoms with Crippen molar-refractivity contribution in [3.8, 4) is 0 Å². The van der Waals surface area contributed by atoms with E-state index in [1.807, 2.05) is 0 Å². The first-order valence-corrected chi connectivity index (χ1v) is 8.40. The van der Waals surface area contributed by atoms with Crippen LogP contribution in [0.1, 0.15) is 72.1 Å². The number of carbonyl (C=O) groups excluding carboxylic acids is 1. The molecule has 0 aliphatic heterocycles. The second-order valence-corrected chi connectivity index (χ2v) is 7.98. The van der Waals surface area contributed by atoms with Gasteiger partial charge in [0.15, 0.2) is 0 Å². The number of nitrogens with one attached hydrogen (secondary N) is 1. The molecule has 3 nitrogen and oxygen atoms in total. The van der Waals surface area contributed by atoms with Crippen LogP contribution >= 0.6 is 0 Å². The molecule has 0 aromatic heterocycles. The van der Waals surface area contributed by atoms with E-state index in [2.05, 4.69) is 26.1 Å². The Labute approximate surface area is 122 Å². The van der Waals surface area contributed by atoms with E-state index in [0.717, 1.165) is 25.2 Å². The lowest BCUT2D eigenvalue weighted by atomic mass is 9.70. The molecule has 0 saturated heterocycles. The van der Waals surface area contributed by atoms with Gasteiger partial charge in [-0.1, -0.05) is 40.0 Å². The minimum absolute atomic E-state index is 0.111. The molecule has 2 bridgehead atoms. The lowest BCUT2D eigenvalue weighted by Gasteiger charge is -2.38. The van der Waals surface area contributed by atoms with Gasteiger partial charge in [-0.3, -0.25) is 0 Å². The Morgan fingerprint density at radius 3 is 2.35 bits per heavy atom. The fraction of sp³-hybridized carbons (Fsp3) is 0.941. The van der Waals surface area contributed by atoms with E-state index in [0.29, 0.717) is 11.5 Å². The average molecular weight is 279 g/mol. The lowest BCUT2D eigenvalue weighted by Crippen LogP contribution is -2.43. The average Bonchev–Trinajstić information content (AvgIpc) is 2.73. The summed E-state index contributed by atoms with van der Waals surface area (Å²) in [5.41, 5.74) is 0.477. The third-order valence-electron chi connectivity index (χ3n) is 6.89. The van der Waals surface area contributed by atoms with Crippen molar-refractivity contribution in [3.63, 3.8) is 0 Å². The molecular formula is C17H29NO2. The van der Waals surface area contributed by atoms with Crippen LogP contribution in [0.5, 0.6) is 0 Å². The Bertz CT molecular complexity index is 386. The lowest BCUT2D eigenvalue weighted by molar-refractivity contribution is -0.00567. The van der Waals surface area contributed by atoms with Gasteiger partial charge in [0.05, 0.1) is 0 Å². The number of amides is 1. The predicted octanol–water partition coefficient (Wildman–Crippen LogP) is 4.26. The van der Waals surface area contributed by atoms with Crippen LogP contribution < -0.4 is 5.32 Å². The maximum atomic E-state index is 12.2. The largest absolute Gasteiger partial charge is 0.446 e. The van der Waals surface area contributed by atoms with Gasteiger partial charge in [-0.2, -0.15) is 0 Å². The zero-order valence-corrected chi connectivity index (χ0v) is 13.2. The molecule has 3 fully saturated rings. The van der Waals surface area contributed by atoms with Crippen molar-refractivity contribution in [2.75, 3.05) is 0 Å². The van der Waals surface area contributed by atoms with Crippen LogP contribution in [-0.2, 0) is 4.74 Å². The molecule has 3 aliphatic carbocycles. The zero-order valence-electron chi connectivity index (χ0n) is 13.2. The molecule has 1 N–H and O–H groups in total. The Hall–Kier alpha value is -0.730. The van der Waals surface area contributed by atoms with Crippen LogP contribution in [0.25, 0.3) is 0 Å². The van der Waals surface area contributed by atoms with Crippen LogP contribution in [0, 0.1) is 16.7 Å². The summed E-state index contributed by atoms with van der Waals surface area (Å²) in [7, 11) is 0. The Morgan fingerprint density at radius 1 is 1.10 bits per heavy atom. The van der Waals surface area contributed by atoms with Crippen molar-refractivity contribution in [1.29, 1.82) is 0 Å². The molecule has 3 atom stereocenters. The molecule has 20 heavy (non-hydrogen) atoms. The highest BCUT2D eigenvalue weighted by molar-refractivity contribution is 5.68. The summed E-state index contributed by atoms with van der Waals surface area (Å²) in [5, 5.41) is 3.09. The smallest absolute Gasteiger partial charge is 0.407 e. The molecule has 0 radical (unpaired) electrons. The predicted molar refractivity (Wildman–Crippen MR) is 79.5 cm³/mol. The van der Waals surface area contributed by atoms with Crippen LogP contribution in [0.2, 0.25) is 0 Å². The maximum Gasteiger partial charge on any atom is 0.407 e. The number of fused-ring (bicyclic) bond motifs is 2. The maximum absolute atomic E-state index is 12.2. The molecule has 0 unspecified atom stereocenters. The molecule has 114 valence electrons. The second-order valence-electron chi connectivity index (χ2n) is 7.98. The van der Waals surface area contributed by atoms with E-state index in [9.17, 15) is 4.79 Å². The van der Waals surface area contributed by atoms with Gasteiger partial charge in [0.2, 0.25) is 0 Å². The normalized spacial score (nSPS) is 39.8. The second kappa shape index (κ2) is 4.92. The summed E-state index contributed by atoms with van der Waals surface area (Å²) >= 11 is 0. The summed E-state index contributed by atoms with van der Waals surface area (Å²) in [5.74, 6) is 0.722. The Morgan fingerprint density at radius 2 is 1.80 bits per heavy atom. The van der Waals surface area contributed by atoms with Gasteiger partial charge in [0, 0.05) is 11.5 Å². The van der Waals surface area contributed by atoms with Crippen LogP contribution in [0.3, 0.4) is 0 Å². The molecule has 0 aromatic carbocycles. The first-order valence-electron chi connectivity index (χ1n) is 8.40. The van der Waals surface area contributed by atoms with Gasteiger partial charge >= 0.3 is 6.09 Å². The summed E-state index contributed by atoms with van der Waals surface area (Å²) in [6, 6.07) is 0.343. The quantitative estimate of drug-likeness (QED) is 0.820. The molecule has 3 rings (SSSR count). The zero-order chi connectivity index (χ0) is 14.4. The van der Waals surface area contributed by atoms with E-state index >= 15 is 0 Å². The fourth-order valence-corrected chi connectivity index (χ4v) is 4.89. The van der Waals surface area contributed by atoms with E-state index in [1.165, 1.54) is 32.1 Å². The molecule has 1 amide bonds. The number of carbonyl (C=O) groups is 1. The highest BCUT2D eigenvalue weighted by Gasteiger charge is 2.62. The third kappa shape index (κ3) is 2.14. The first kappa shape index (κ1) is 14.2. The van der Waals surface area contributed by atoms with E-state index in [4.69, 9.17) is 4.74 Å². The first-order chi connectivity index (χ1) is 9.43. The van der Waals surface area contributed by atoms with Crippen LogP contribution in [-0.4, -0.2) is 18.2 Å². The van der Waals surface area contributed by atoms with Crippen LogP contribution in [0.15, 0.2) is 0 Å². The topological polar surface area (TPSA) is 38.3 Å². The number of alkyl carbamates (subject to hydrolysis) is 1. The fourth-order valence-electron chi connectivity index (χ4n) is 4.89. The monoisotopic (exact) mass is 279 g/mol. The SMILES string of the molecule is CC1(C)[C@@H]2CC[C@@]1(C)[C@H](OC(=O)NC1CCCCC1)C2. The minimum Gasteiger partial charge on any atom is -0.446 e. The van der Waals surface area contributed by atoms with Gasteiger partial charge in [-0.05, 0) is 43.4 Å². The van der Waals surface area contributed by atoms with Gasteiger partial charge in [0.1, 0.15) is 6.10 Å². The van der Waals surface area contributed by atoms with E-state index in [-0.39, 0.29) is 17.6 Å². The number of hydrogen-bond acceptors (Lipinski definition) is 2. The molecule has 0 spiro atoms. The third-order valence-corrected chi connectivity index (χ3v) is 6.89. The summed E-state index contributed by atoms with van der Waals surface area (Å²) in [4.78, 5) is 12.2. The van der Waals surface area contributed by atoms with E-state index in [1.54, 1.807) is 0 Å². The molecule has 0 aromatic rings.